The van der Waals surface area contributed by atoms with Crippen LogP contribution < -0.4 is 0 Å². The van der Waals surface area contributed by atoms with Gasteiger partial charge in [-0.25, -0.2) is 0 Å². The van der Waals surface area contributed by atoms with Gasteiger partial charge in [-0.15, -0.1) is 0 Å². The number of carbonyl (C=O) groups excluding carboxylic acids is 3. The van der Waals surface area contributed by atoms with Gasteiger partial charge >= 0.3 is 11.9 Å². The highest BCUT2D eigenvalue weighted by Gasteiger charge is 2.44. The minimum Gasteiger partial charge on any atom is -0.393 e. The van der Waals surface area contributed by atoms with Gasteiger partial charge < -0.3 is 4.74 Å². The van der Waals surface area contributed by atoms with E-state index < -0.39 is 17.4 Å². The van der Waals surface area contributed by atoms with E-state index in [1.165, 1.54) is 13.8 Å². The molecule has 0 heterocycles. The Kier molecular flexibility index (Phi) is 7.48. The van der Waals surface area contributed by atoms with E-state index in [2.05, 4.69) is 4.74 Å². The number of hydrogen-bond donors (Lipinski definition) is 0. The Hall–Kier alpha value is -1.19. The zero-order valence-electron chi connectivity index (χ0n) is 11.9. The lowest BCUT2D eigenvalue weighted by atomic mass is 9.75. The molecule has 0 bridgehead atoms. The van der Waals surface area contributed by atoms with Crippen molar-refractivity contribution in [3.8, 4) is 0 Å². The molecular formula is C14H24O4. The number of carbonyl (C=O) groups is 3. The van der Waals surface area contributed by atoms with E-state index in [4.69, 9.17) is 0 Å². The zero-order chi connectivity index (χ0) is 14.2. The molecule has 0 aliphatic carbocycles. The molecule has 0 aromatic heterocycles. The van der Waals surface area contributed by atoms with Crippen molar-refractivity contribution >= 4 is 17.7 Å². The fraction of sp³-hybridized carbons (Fsp3) is 0.786. The smallest absolute Gasteiger partial charge is 0.327 e. The van der Waals surface area contributed by atoms with Crippen molar-refractivity contribution in [2.24, 2.45) is 5.41 Å². The van der Waals surface area contributed by atoms with Crippen LogP contribution in [0.1, 0.15) is 66.2 Å². The molecule has 0 aromatic rings. The largest absolute Gasteiger partial charge is 0.393 e. The third-order valence-electron chi connectivity index (χ3n) is 3.22. The molecule has 18 heavy (non-hydrogen) atoms. The van der Waals surface area contributed by atoms with Gasteiger partial charge in [-0.05, 0) is 19.8 Å². The summed E-state index contributed by atoms with van der Waals surface area (Å²) in [6.45, 7) is 6.59. The second kappa shape index (κ2) is 8.01. The van der Waals surface area contributed by atoms with Gasteiger partial charge in [-0.1, -0.05) is 39.5 Å². The highest BCUT2D eigenvalue weighted by molar-refractivity contribution is 6.05. The Morgan fingerprint density at radius 1 is 0.944 bits per heavy atom. The van der Waals surface area contributed by atoms with Gasteiger partial charge in [0.25, 0.3) is 0 Å². The van der Waals surface area contributed by atoms with Gasteiger partial charge in [0.15, 0.2) is 0 Å². The zero-order valence-corrected chi connectivity index (χ0v) is 11.9. The average molecular weight is 256 g/mol. The summed E-state index contributed by atoms with van der Waals surface area (Å²) < 4.78 is 4.67. The average Bonchev–Trinajstić information content (AvgIpc) is 2.28. The van der Waals surface area contributed by atoms with Gasteiger partial charge in [0.1, 0.15) is 11.2 Å². The van der Waals surface area contributed by atoms with Crippen molar-refractivity contribution < 1.29 is 19.1 Å². The normalized spacial score (nSPS) is 11.1. The first-order valence-corrected chi connectivity index (χ1v) is 6.64. The standard InChI is InChI=1S/C14H24O4/c1-5-7-9-14(11(3)15,10-8-6-2)13(17)18-12(4)16/h5-10H2,1-4H3. The second-order valence-corrected chi connectivity index (χ2v) is 4.73. The Labute approximate surface area is 109 Å². The summed E-state index contributed by atoms with van der Waals surface area (Å²) in [5, 5.41) is 0. The van der Waals surface area contributed by atoms with Crippen LogP contribution >= 0.6 is 0 Å². The van der Waals surface area contributed by atoms with Crippen LogP contribution in [0.25, 0.3) is 0 Å². The van der Waals surface area contributed by atoms with Crippen LogP contribution in [0.4, 0.5) is 0 Å². The highest BCUT2D eigenvalue weighted by Crippen LogP contribution is 2.34. The number of Topliss-reactive ketones (excluding diaryl/α,β-unsaturated/α-hetero) is 1. The van der Waals surface area contributed by atoms with Crippen LogP contribution in [-0.2, 0) is 19.1 Å². The molecule has 0 radical (unpaired) electrons. The summed E-state index contributed by atoms with van der Waals surface area (Å²) in [7, 11) is 0. The molecule has 0 unspecified atom stereocenters. The number of ketones is 1. The van der Waals surface area contributed by atoms with Crippen molar-refractivity contribution in [1.82, 2.24) is 0 Å². The summed E-state index contributed by atoms with van der Waals surface area (Å²) in [6, 6.07) is 0. The molecule has 4 heteroatoms. The van der Waals surface area contributed by atoms with E-state index in [0.29, 0.717) is 12.8 Å². The van der Waals surface area contributed by atoms with Crippen LogP contribution in [0, 0.1) is 5.41 Å². The summed E-state index contributed by atoms with van der Waals surface area (Å²) in [6.07, 6.45) is 4.27. The summed E-state index contributed by atoms with van der Waals surface area (Å²) >= 11 is 0. The number of rotatable bonds is 8. The fourth-order valence-electron chi connectivity index (χ4n) is 2.01. The lowest BCUT2D eigenvalue weighted by Crippen LogP contribution is -2.40. The van der Waals surface area contributed by atoms with Crippen LogP contribution in [0.2, 0.25) is 0 Å². The second-order valence-electron chi connectivity index (χ2n) is 4.73. The van der Waals surface area contributed by atoms with Crippen LogP contribution in [0.15, 0.2) is 0 Å². The van der Waals surface area contributed by atoms with Crippen molar-refractivity contribution in [1.29, 1.82) is 0 Å². The lowest BCUT2D eigenvalue weighted by molar-refractivity contribution is -0.168. The van der Waals surface area contributed by atoms with Crippen molar-refractivity contribution in [2.75, 3.05) is 0 Å². The molecule has 0 saturated carbocycles. The number of unbranched alkanes of at least 4 members (excludes halogenated alkanes) is 2. The van der Waals surface area contributed by atoms with Gasteiger partial charge in [0, 0.05) is 6.92 Å². The molecule has 0 aliphatic heterocycles. The van der Waals surface area contributed by atoms with Crippen molar-refractivity contribution in [3.63, 3.8) is 0 Å². The number of esters is 2. The molecule has 0 atom stereocenters. The van der Waals surface area contributed by atoms with Gasteiger partial charge in [-0.2, -0.15) is 0 Å². The van der Waals surface area contributed by atoms with Crippen molar-refractivity contribution in [3.05, 3.63) is 0 Å². The molecule has 0 spiro atoms. The Balaban J connectivity index is 5.09. The molecule has 0 saturated heterocycles. The molecule has 0 N–H and O–H groups in total. The lowest BCUT2D eigenvalue weighted by Gasteiger charge is -2.28. The van der Waals surface area contributed by atoms with Gasteiger partial charge in [-0.3, -0.25) is 14.4 Å². The minimum absolute atomic E-state index is 0.198. The van der Waals surface area contributed by atoms with Crippen LogP contribution in [0.5, 0.6) is 0 Å². The first kappa shape index (κ1) is 16.8. The summed E-state index contributed by atoms with van der Waals surface area (Å²) in [5.41, 5.74) is -1.13. The van der Waals surface area contributed by atoms with E-state index in [0.717, 1.165) is 25.7 Å². The fourth-order valence-corrected chi connectivity index (χ4v) is 2.01. The Bertz CT molecular complexity index is 299. The minimum atomic E-state index is -1.13. The molecule has 0 fully saturated rings. The maximum Gasteiger partial charge on any atom is 0.327 e. The molecule has 0 aromatic carbocycles. The third kappa shape index (κ3) is 4.59. The predicted octanol–water partition coefficient (Wildman–Crippen LogP) is 3.03. The third-order valence-corrected chi connectivity index (χ3v) is 3.22. The van der Waals surface area contributed by atoms with Crippen LogP contribution in [0.3, 0.4) is 0 Å². The van der Waals surface area contributed by atoms with Crippen LogP contribution in [-0.4, -0.2) is 17.7 Å². The molecule has 0 aliphatic rings. The van der Waals surface area contributed by atoms with E-state index in [1.807, 2.05) is 13.8 Å². The molecule has 4 nitrogen and oxygen atoms in total. The SMILES string of the molecule is CCCCC(CCCC)(C(C)=O)C(=O)OC(C)=O. The maximum absolute atomic E-state index is 12.1. The Morgan fingerprint density at radius 3 is 1.67 bits per heavy atom. The van der Waals surface area contributed by atoms with E-state index in [9.17, 15) is 14.4 Å². The first-order chi connectivity index (χ1) is 8.40. The molecule has 0 amide bonds. The topological polar surface area (TPSA) is 60.4 Å². The predicted molar refractivity (Wildman–Crippen MR) is 68.9 cm³/mol. The highest BCUT2D eigenvalue weighted by atomic mass is 16.6. The number of ether oxygens (including phenoxy) is 1. The maximum atomic E-state index is 12.1. The molecule has 104 valence electrons. The van der Waals surface area contributed by atoms with E-state index in [1.54, 1.807) is 0 Å². The molecular weight excluding hydrogens is 232 g/mol. The Morgan fingerprint density at radius 2 is 1.39 bits per heavy atom. The van der Waals surface area contributed by atoms with Crippen molar-refractivity contribution in [2.45, 2.75) is 66.2 Å². The van der Waals surface area contributed by atoms with Gasteiger partial charge in [0.2, 0.25) is 0 Å². The number of hydrogen-bond acceptors (Lipinski definition) is 4. The summed E-state index contributed by atoms with van der Waals surface area (Å²) in [4.78, 5) is 34.9. The van der Waals surface area contributed by atoms with E-state index in [-0.39, 0.29) is 5.78 Å². The quantitative estimate of drug-likeness (QED) is 0.494. The summed E-state index contributed by atoms with van der Waals surface area (Å²) in [5.74, 6) is -1.53. The monoisotopic (exact) mass is 256 g/mol. The van der Waals surface area contributed by atoms with E-state index >= 15 is 0 Å². The van der Waals surface area contributed by atoms with Gasteiger partial charge in [0.05, 0.1) is 0 Å². The first-order valence-electron chi connectivity index (χ1n) is 6.64. The molecule has 0 rings (SSSR count).